The number of anilines is 1. The Morgan fingerprint density at radius 1 is 1.11 bits per heavy atom. The third-order valence-electron chi connectivity index (χ3n) is 6.88. The molecule has 0 bridgehead atoms. The van der Waals surface area contributed by atoms with Crippen molar-refractivity contribution in [2.75, 3.05) is 5.32 Å². The van der Waals surface area contributed by atoms with Gasteiger partial charge in [-0.1, -0.05) is 23.2 Å². The number of carbonyl (C=O) groups excluding carboxylic acids is 2. The molecule has 1 aromatic carbocycles. The van der Waals surface area contributed by atoms with E-state index in [-0.39, 0.29) is 49.2 Å². The van der Waals surface area contributed by atoms with E-state index in [1.54, 1.807) is 6.92 Å². The molecule has 3 heterocycles. The molecule has 1 fully saturated rings. The van der Waals surface area contributed by atoms with Gasteiger partial charge in [-0.25, -0.2) is 14.3 Å². The van der Waals surface area contributed by atoms with Gasteiger partial charge in [0.25, 0.3) is 11.8 Å². The van der Waals surface area contributed by atoms with E-state index in [4.69, 9.17) is 23.2 Å². The number of nitrogens with one attached hydrogen (secondary N) is 2. The van der Waals surface area contributed by atoms with E-state index in [9.17, 15) is 31.5 Å². The Morgan fingerprint density at radius 3 is 2.50 bits per heavy atom. The molecule has 1 aliphatic carbocycles. The number of hydrogen-bond acceptors (Lipinski definition) is 7. The highest BCUT2D eigenvalue weighted by Gasteiger charge is 2.62. The van der Waals surface area contributed by atoms with E-state index in [1.807, 2.05) is 6.92 Å². The first-order valence-electron chi connectivity index (χ1n) is 13.0. The van der Waals surface area contributed by atoms with Gasteiger partial charge in [-0.3, -0.25) is 9.59 Å². The number of carbonyl (C=O) groups is 2. The van der Waals surface area contributed by atoms with Crippen molar-refractivity contribution in [3.8, 4) is 5.82 Å². The summed E-state index contributed by atoms with van der Waals surface area (Å²) in [5, 5.41) is 19.1. The average molecular weight is 658 g/mol. The molecule has 1 atom stereocenters. The molecule has 2 amide bonds. The highest BCUT2D eigenvalue weighted by Crippen LogP contribution is 2.42. The molecule has 5 rings (SSSR count). The van der Waals surface area contributed by atoms with Gasteiger partial charge >= 0.3 is 12.1 Å². The van der Waals surface area contributed by atoms with E-state index in [0.29, 0.717) is 11.5 Å². The maximum absolute atomic E-state index is 14.1. The minimum atomic E-state index is -5.97. The van der Waals surface area contributed by atoms with Gasteiger partial charge in [-0.05, 0) is 78.9 Å². The fourth-order valence-electron chi connectivity index (χ4n) is 4.44. The summed E-state index contributed by atoms with van der Waals surface area (Å²) in [5.74, 6) is -8.14. The predicted octanol–water partition coefficient (Wildman–Crippen LogP) is 5.35. The SMILES string of the molecule is Cc1cc(Cl)cc(C(=O)NC(C)C2CC2)c1NC(=O)c1cc(Cn2nnnc2C(F)(F)C(F)(F)F)nn1-c1ncccc1Cl. The van der Waals surface area contributed by atoms with E-state index >= 15 is 0 Å². The Bertz CT molecular complexity index is 1740. The summed E-state index contributed by atoms with van der Waals surface area (Å²) in [6, 6.07) is 6.91. The summed E-state index contributed by atoms with van der Waals surface area (Å²) < 4.78 is 68.5. The highest BCUT2D eigenvalue weighted by atomic mass is 35.5. The number of hydrogen-bond donors (Lipinski definition) is 2. The van der Waals surface area contributed by atoms with Crippen LogP contribution in [0.3, 0.4) is 0 Å². The number of benzene rings is 1. The zero-order valence-electron chi connectivity index (χ0n) is 22.8. The largest absolute Gasteiger partial charge is 0.461 e. The van der Waals surface area contributed by atoms with Crippen LogP contribution in [0.15, 0.2) is 36.5 Å². The summed E-state index contributed by atoms with van der Waals surface area (Å²) >= 11 is 12.5. The number of halogens is 7. The molecule has 44 heavy (non-hydrogen) atoms. The second kappa shape index (κ2) is 11.7. The normalized spacial score (nSPS) is 14.4. The molecule has 18 heteroatoms. The van der Waals surface area contributed by atoms with Crippen molar-refractivity contribution in [2.45, 2.75) is 51.4 Å². The number of amides is 2. The molecule has 0 spiro atoms. The van der Waals surface area contributed by atoms with Crippen LogP contribution in [0.2, 0.25) is 10.0 Å². The van der Waals surface area contributed by atoms with E-state index in [1.165, 1.54) is 30.5 Å². The Labute approximate surface area is 255 Å². The van der Waals surface area contributed by atoms with Crippen molar-refractivity contribution >= 4 is 40.7 Å². The number of tetrazole rings is 1. The predicted molar refractivity (Wildman–Crippen MR) is 147 cm³/mol. The lowest BCUT2D eigenvalue weighted by molar-refractivity contribution is -0.293. The fraction of sp³-hybridized carbons (Fsp3) is 0.346. The zero-order valence-corrected chi connectivity index (χ0v) is 24.3. The minimum absolute atomic E-state index is 0.0414. The first kappa shape index (κ1) is 31.3. The number of rotatable bonds is 9. The summed E-state index contributed by atoms with van der Waals surface area (Å²) in [4.78, 5) is 31.0. The maximum atomic E-state index is 14.1. The Balaban J connectivity index is 1.52. The summed E-state index contributed by atoms with van der Waals surface area (Å²) in [6.45, 7) is 2.72. The second-order valence-electron chi connectivity index (χ2n) is 10.2. The van der Waals surface area contributed by atoms with Gasteiger partial charge in [0.1, 0.15) is 5.69 Å². The summed E-state index contributed by atoms with van der Waals surface area (Å²) in [6.07, 6.45) is -2.65. The van der Waals surface area contributed by atoms with Crippen LogP contribution in [0.25, 0.3) is 5.82 Å². The monoisotopic (exact) mass is 657 g/mol. The van der Waals surface area contributed by atoms with Crippen LogP contribution in [0, 0.1) is 12.8 Å². The number of nitrogens with zero attached hydrogens (tertiary/aromatic N) is 7. The van der Waals surface area contributed by atoms with Gasteiger partial charge in [0.15, 0.2) is 5.82 Å². The van der Waals surface area contributed by atoms with Crippen LogP contribution < -0.4 is 10.6 Å². The lowest BCUT2D eigenvalue weighted by atomic mass is 10.1. The summed E-state index contributed by atoms with van der Waals surface area (Å²) in [7, 11) is 0. The van der Waals surface area contributed by atoms with Crippen LogP contribution in [0.5, 0.6) is 0 Å². The molecule has 0 saturated heterocycles. The zero-order chi connectivity index (χ0) is 32.0. The summed E-state index contributed by atoms with van der Waals surface area (Å²) in [5.41, 5.74) is 0.238. The molecular weight excluding hydrogens is 636 g/mol. The molecule has 1 saturated carbocycles. The van der Waals surface area contributed by atoms with Crippen molar-refractivity contribution in [3.63, 3.8) is 0 Å². The number of aryl methyl sites for hydroxylation is 1. The minimum Gasteiger partial charge on any atom is -0.349 e. The Hall–Kier alpha value is -4.18. The van der Waals surface area contributed by atoms with Crippen LogP contribution in [0.1, 0.15) is 57.7 Å². The number of aromatic nitrogens is 7. The lowest BCUT2D eigenvalue weighted by Crippen LogP contribution is -2.36. The van der Waals surface area contributed by atoms with Crippen LogP contribution in [-0.2, 0) is 12.5 Å². The van der Waals surface area contributed by atoms with E-state index in [0.717, 1.165) is 23.6 Å². The van der Waals surface area contributed by atoms with Gasteiger partial charge in [-0.15, -0.1) is 5.10 Å². The lowest BCUT2D eigenvalue weighted by Gasteiger charge is -2.18. The first-order chi connectivity index (χ1) is 20.7. The Kier molecular flexibility index (Phi) is 8.33. The molecule has 4 aromatic rings. The smallest absolute Gasteiger partial charge is 0.349 e. The van der Waals surface area contributed by atoms with Crippen LogP contribution in [0.4, 0.5) is 27.6 Å². The molecular formula is C26H22Cl2F5N9O2. The Morgan fingerprint density at radius 2 is 1.84 bits per heavy atom. The van der Waals surface area contributed by atoms with Crippen LogP contribution >= 0.6 is 23.2 Å². The molecule has 0 aliphatic heterocycles. The van der Waals surface area contributed by atoms with Crippen molar-refractivity contribution in [1.82, 2.24) is 40.3 Å². The van der Waals surface area contributed by atoms with E-state index < -0.39 is 36.3 Å². The van der Waals surface area contributed by atoms with Gasteiger partial charge in [0.05, 0.1) is 28.5 Å². The molecule has 232 valence electrons. The molecule has 2 N–H and O–H groups in total. The van der Waals surface area contributed by atoms with Gasteiger partial charge < -0.3 is 10.6 Å². The third kappa shape index (κ3) is 6.22. The van der Waals surface area contributed by atoms with Crippen molar-refractivity contribution in [3.05, 3.63) is 74.9 Å². The van der Waals surface area contributed by atoms with E-state index in [2.05, 4.69) is 36.2 Å². The quantitative estimate of drug-likeness (QED) is 0.232. The molecule has 11 nitrogen and oxygen atoms in total. The number of pyridine rings is 1. The molecule has 0 radical (unpaired) electrons. The fourth-order valence-corrected chi connectivity index (χ4v) is 4.92. The van der Waals surface area contributed by atoms with Gasteiger partial charge in [0, 0.05) is 17.3 Å². The topological polar surface area (TPSA) is 133 Å². The molecule has 3 aromatic heterocycles. The highest BCUT2D eigenvalue weighted by molar-refractivity contribution is 6.32. The number of alkyl halides is 5. The average Bonchev–Trinajstić information content (AvgIpc) is 3.55. The van der Waals surface area contributed by atoms with Crippen molar-refractivity contribution in [2.24, 2.45) is 5.92 Å². The molecule has 1 aliphatic rings. The standard InChI is InChI=1S/C26H22Cl2F5N9O2/c1-12-8-15(27)9-17(22(43)35-13(2)14-5-6-14)20(12)36-23(44)19-10-16(38-42(19)21-18(28)4-3-7-34-21)11-41-24(37-39-40-41)25(29,30)26(31,32)33/h3-4,7-10,13-14H,5-6,11H2,1-2H3,(H,35,43)(H,36,44). The van der Waals surface area contributed by atoms with Crippen LogP contribution in [-0.4, -0.2) is 59.0 Å². The van der Waals surface area contributed by atoms with Crippen molar-refractivity contribution in [1.29, 1.82) is 0 Å². The maximum Gasteiger partial charge on any atom is 0.461 e. The molecule has 1 unspecified atom stereocenters. The third-order valence-corrected chi connectivity index (χ3v) is 7.40. The van der Waals surface area contributed by atoms with Gasteiger partial charge in [0.2, 0.25) is 5.82 Å². The first-order valence-corrected chi connectivity index (χ1v) is 13.8. The van der Waals surface area contributed by atoms with Crippen molar-refractivity contribution < 1.29 is 31.5 Å². The second-order valence-corrected chi connectivity index (χ2v) is 11.0. The van der Waals surface area contributed by atoms with Gasteiger partial charge in [-0.2, -0.15) is 27.1 Å².